The predicted molar refractivity (Wildman–Crippen MR) is 69.8 cm³/mol. The molecule has 0 radical (unpaired) electrons. The van der Waals surface area contributed by atoms with E-state index in [1.54, 1.807) is 4.68 Å². The zero-order valence-electron chi connectivity index (χ0n) is 11.1. The molecule has 1 aliphatic rings. The van der Waals surface area contributed by atoms with Crippen LogP contribution in [-0.4, -0.2) is 28.3 Å². The average Bonchev–Trinajstić information content (AvgIpc) is 2.87. The molecule has 100 valence electrons. The van der Waals surface area contributed by atoms with Crippen LogP contribution in [0.1, 0.15) is 31.7 Å². The van der Waals surface area contributed by atoms with Gasteiger partial charge in [0.15, 0.2) is 0 Å². The number of ether oxygens (including phenoxy) is 1. The third kappa shape index (κ3) is 2.59. The van der Waals surface area contributed by atoms with Crippen molar-refractivity contribution in [1.29, 1.82) is 0 Å². The molecular formula is C13H19ClN2O2. The molecule has 0 aromatic carbocycles. The average molecular weight is 271 g/mol. The number of aromatic nitrogens is 2. The van der Waals surface area contributed by atoms with Crippen molar-refractivity contribution in [3.05, 3.63) is 16.4 Å². The van der Waals surface area contributed by atoms with Crippen LogP contribution in [0.15, 0.2) is 0 Å². The maximum Gasteiger partial charge on any atom is 0.144 e. The van der Waals surface area contributed by atoms with Crippen LogP contribution in [0, 0.1) is 5.92 Å². The van der Waals surface area contributed by atoms with Crippen molar-refractivity contribution in [3.63, 3.8) is 0 Å². The first-order valence-corrected chi connectivity index (χ1v) is 6.75. The number of carbonyl (C=O) groups excluding carboxylic acids is 1. The molecule has 4 nitrogen and oxygen atoms in total. The molecule has 18 heavy (non-hydrogen) atoms. The molecule has 2 rings (SSSR count). The molecule has 1 saturated heterocycles. The van der Waals surface area contributed by atoms with Crippen LogP contribution in [0.25, 0.3) is 0 Å². The Morgan fingerprint density at radius 1 is 1.61 bits per heavy atom. The van der Waals surface area contributed by atoms with Crippen molar-refractivity contribution in [3.8, 4) is 0 Å². The first-order chi connectivity index (χ1) is 8.52. The summed E-state index contributed by atoms with van der Waals surface area (Å²) in [5.41, 5.74) is 1.68. The highest BCUT2D eigenvalue weighted by atomic mass is 35.5. The van der Waals surface area contributed by atoms with Gasteiger partial charge in [0.2, 0.25) is 0 Å². The summed E-state index contributed by atoms with van der Waals surface area (Å²) in [6, 6.07) is 0. The van der Waals surface area contributed by atoms with E-state index in [9.17, 15) is 4.79 Å². The lowest BCUT2D eigenvalue weighted by Crippen LogP contribution is -2.18. The highest BCUT2D eigenvalue weighted by molar-refractivity contribution is 6.32. The largest absolute Gasteiger partial charge is 0.378 e. The summed E-state index contributed by atoms with van der Waals surface area (Å²) in [7, 11) is 1.83. The summed E-state index contributed by atoms with van der Waals surface area (Å²) in [4.78, 5) is 12.2. The van der Waals surface area contributed by atoms with Crippen molar-refractivity contribution in [2.24, 2.45) is 13.0 Å². The van der Waals surface area contributed by atoms with Crippen molar-refractivity contribution in [2.75, 3.05) is 6.61 Å². The third-order valence-electron chi connectivity index (χ3n) is 3.50. The van der Waals surface area contributed by atoms with Gasteiger partial charge >= 0.3 is 0 Å². The van der Waals surface area contributed by atoms with E-state index in [2.05, 4.69) is 5.10 Å². The summed E-state index contributed by atoms with van der Waals surface area (Å²) < 4.78 is 7.16. The van der Waals surface area contributed by atoms with Gasteiger partial charge in [-0.2, -0.15) is 5.10 Å². The number of hydrogen-bond donors (Lipinski definition) is 0. The number of aryl methyl sites for hydroxylation is 2. The second-order valence-electron chi connectivity index (χ2n) is 4.90. The lowest BCUT2D eigenvalue weighted by Gasteiger charge is -2.07. The van der Waals surface area contributed by atoms with Crippen molar-refractivity contribution < 1.29 is 9.53 Å². The summed E-state index contributed by atoms with van der Waals surface area (Å²) in [5.74, 6) is 0.211. The summed E-state index contributed by atoms with van der Waals surface area (Å²) in [5, 5.41) is 4.96. The minimum atomic E-state index is 0.0102. The molecule has 0 amide bonds. The molecule has 1 aromatic heterocycles. The monoisotopic (exact) mass is 270 g/mol. The van der Waals surface area contributed by atoms with Crippen LogP contribution in [0.3, 0.4) is 0 Å². The normalized spacial score (nSPS) is 23.6. The van der Waals surface area contributed by atoms with Gasteiger partial charge < -0.3 is 4.74 Å². The molecule has 0 saturated carbocycles. The van der Waals surface area contributed by atoms with Crippen LogP contribution in [-0.2, 0) is 29.4 Å². The van der Waals surface area contributed by atoms with Gasteiger partial charge in [-0.25, -0.2) is 0 Å². The first kappa shape index (κ1) is 13.6. The number of hydrogen-bond acceptors (Lipinski definition) is 3. The molecular weight excluding hydrogens is 252 g/mol. The number of carbonyl (C=O) groups is 1. The van der Waals surface area contributed by atoms with Crippen LogP contribution in [0.2, 0.25) is 5.02 Å². The highest BCUT2D eigenvalue weighted by Crippen LogP contribution is 2.25. The lowest BCUT2D eigenvalue weighted by molar-refractivity contribution is -0.122. The Bertz CT molecular complexity index is 456. The van der Waals surface area contributed by atoms with Gasteiger partial charge in [0.25, 0.3) is 0 Å². The van der Waals surface area contributed by atoms with Gasteiger partial charge in [-0.3, -0.25) is 9.48 Å². The fraction of sp³-hybridized carbons (Fsp3) is 0.692. The molecule has 0 bridgehead atoms. The molecule has 5 heteroatoms. The SMILES string of the molecule is CCc1nn(C)c(CC(=O)C2COC(C)C2)c1Cl. The molecule has 1 fully saturated rings. The van der Waals surface area contributed by atoms with E-state index < -0.39 is 0 Å². The third-order valence-corrected chi connectivity index (χ3v) is 3.93. The fourth-order valence-corrected chi connectivity index (χ4v) is 2.72. The van der Waals surface area contributed by atoms with Crippen LogP contribution >= 0.6 is 11.6 Å². The number of ketones is 1. The zero-order chi connectivity index (χ0) is 13.3. The van der Waals surface area contributed by atoms with Gasteiger partial charge in [-0.15, -0.1) is 0 Å². The van der Waals surface area contributed by atoms with E-state index in [1.807, 2.05) is 20.9 Å². The van der Waals surface area contributed by atoms with E-state index >= 15 is 0 Å². The minimum absolute atomic E-state index is 0.0102. The van der Waals surface area contributed by atoms with Crippen LogP contribution in [0.5, 0.6) is 0 Å². The number of rotatable bonds is 4. The van der Waals surface area contributed by atoms with Gasteiger partial charge in [0, 0.05) is 13.0 Å². The quantitative estimate of drug-likeness (QED) is 0.842. The number of Topliss-reactive ketones (excluding diaryl/α,β-unsaturated/α-hetero) is 1. The van der Waals surface area contributed by atoms with Crippen molar-refractivity contribution in [2.45, 2.75) is 39.2 Å². The molecule has 2 atom stereocenters. The zero-order valence-corrected chi connectivity index (χ0v) is 11.8. The Balaban J connectivity index is 2.09. The fourth-order valence-electron chi connectivity index (χ4n) is 2.36. The number of halogens is 1. The van der Waals surface area contributed by atoms with E-state index in [-0.39, 0.29) is 17.8 Å². The molecule has 0 N–H and O–H groups in total. The molecule has 1 aromatic rings. The number of nitrogens with zero attached hydrogens (tertiary/aromatic N) is 2. The Kier molecular flexibility index (Phi) is 4.07. The highest BCUT2D eigenvalue weighted by Gasteiger charge is 2.29. The first-order valence-electron chi connectivity index (χ1n) is 6.37. The Morgan fingerprint density at radius 3 is 2.83 bits per heavy atom. The Labute approximate surface area is 112 Å². The van der Waals surface area contributed by atoms with E-state index in [0.29, 0.717) is 18.1 Å². The van der Waals surface area contributed by atoms with Gasteiger partial charge in [-0.05, 0) is 19.8 Å². The van der Waals surface area contributed by atoms with E-state index in [1.165, 1.54) is 0 Å². The van der Waals surface area contributed by atoms with Crippen LogP contribution in [0.4, 0.5) is 0 Å². The molecule has 0 aliphatic carbocycles. The second-order valence-corrected chi connectivity index (χ2v) is 5.28. The predicted octanol–water partition coefficient (Wildman–Crippen LogP) is 2.17. The van der Waals surface area contributed by atoms with E-state index in [0.717, 1.165) is 24.2 Å². The summed E-state index contributed by atoms with van der Waals surface area (Å²) in [6.07, 6.45) is 2.13. The van der Waals surface area contributed by atoms with E-state index in [4.69, 9.17) is 16.3 Å². The van der Waals surface area contributed by atoms with Gasteiger partial charge in [0.05, 0.1) is 35.5 Å². The smallest absolute Gasteiger partial charge is 0.144 e. The summed E-state index contributed by atoms with van der Waals surface area (Å²) >= 11 is 6.24. The second kappa shape index (κ2) is 5.41. The minimum Gasteiger partial charge on any atom is -0.378 e. The van der Waals surface area contributed by atoms with Crippen LogP contribution < -0.4 is 0 Å². The van der Waals surface area contributed by atoms with Crippen molar-refractivity contribution >= 4 is 17.4 Å². The standard InChI is InChI=1S/C13H19ClN2O2/c1-4-10-13(14)11(16(3)15-10)6-12(17)9-5-8(2)18-7-9/h8-9H,4-7H2,1-3H3. The summed E-state index contributed by atoms with van der Waals surface area (Å²) in [6.45, 7) is 4.54. The molecule has 2 unspecified atom stereocenters. The maximum atomic E-state index is 12.2. The maximum absolute atomic E-state index is 12.2. The van der Waals surface area contributed by atoms with Gasteiger partial charge in [-0.1, -0.05) is 18.5 Å². The molecule has 2 heterocycles. The topological polar surface area (TPSA) is 44.1 Å². The lowest BCUT2D eigenvalue weighted by atomic mass is 9.97. The molecule has 1 aliphatic heterocycles. The Hall–Kier alpha value is -0.870. The molecule has 0 spiro atoms. The Morgan fingerprint density at radius 2 is 2.33 bits per heavy atom. The van der Waals surface area contributed by atoms with Crippen molar-refractivity contribution in [1.82, 2.24) is 9.78 Å². The van der Waals surface area contributed by atoms with Gasteiger partial charge in [0.1, 0.15) is 5.78 Å².